The molecule has 10 heteroatoms. The van der Waals surface area contributed by atoms with E-state index < -0.39 is 28.3 Å². The van der Waals surface area contributed by atoms with Gasteiger partial charge in [-0.2, -0.15) is 5.10 Å². The second-order valence-corrected chi connectivity index (χ2v) is 5.58. The summed E-state index contributed by atoms with van der Waals surface area (Å²) in [4.78, 5) is 34.7. The second kappa shape index (κ2) is 6.31. The van der Waals surface area contributed by atoms with E-state index in [0.29, 0.717) is 16.3 Å². The zero-order valence-electron chi connectivity index (χ0n) is 13.8. The molecule has 0 radical (unpaired) electrons. The topological polar surface area (TPSA) is 127 Å². The number of rotatable bonds is 5. The molecule has 0 saturated carbocycles. The number of ether oxygens (including phenoxy) is 1. The number of imide groups is 1. The van der Waals surface area contributed by atoms with Crippen molar-refractivity contribution < 1.29 is 23.7 Å². The fourth-order valence-electron chi connectivity index (χ4n) is 2.47. The first-order valence-electron chi connectivity index (χ1n) is 7.44. The van der Waals surface area contributed by atoms with E-state index >= 15 is 0 Å². The standard InChI is InChI=1S/C16H14N4O6/c1-16(10-3-5-11(25-2)6-4-10)14(21)19(15(22)18-16)17-9-12-7-8-13(26-12)20(23)24/h3-9H,1-2H3,(H,18,22)/b17-9-/t16-/m1/s1. The van der Waals surface area contributed by atoms with Crippen LogP contribution in [-0.2, 0) is 10.3 Å². The highest BCUT2D eigenvalue weighted by molar-refractivity contribution is 6.07. The van der Waals surface area contributed by atoms with Gasteiger partial charge in [0.15, 0.2) is 5.76 Å². The molecule has 134 valence electrons. The Hall–Kier alpha value is -3.69. The Morgan fingerprint density at radius 2 is 1.96 bits per heavy atom. The molecule has 2 heterocycles. The number of carbonyl (C=O) groups is 2. The minimum atomic E-state index is -1.30. The largest absolute Gasteiger partial charge is 0.497 e. The first-order valence-corrected chi connectivity index (χ1v) is 7.44. The predicted octanol–water partition coefficient (Wildman–Crippen LogP) is 2.00. The molecule has 0 bridgehead atoms. The van der Waals surface area contributed by atoms with E-state index in [-0.39, 0.29) is 5.76 Å². The number of carbonyl (C=O) groups excluding carboxylic acids is 2. The van der Waals surface area contributed by atoms with Gasteiger partial charge in [0.2, 0.25) is 0 Å². The van der Waals surface area contributed by atoms with E-state index in [2.05, 4.69) is 10.4 Å². The highest BCUT2D eigenvalue weighted by Crippen LogP contribution is 2.30. The van der Waals surface area contributed by atoms with Gasteiger partial charge in [-0.3, -0.25) is 14.9 Å². The molecule has 1 saturated heterocycles. The van der Waals surface area contributed by atoms with Crippen molar-refractivity contribution in [1.29, 1.82) is 0 Å². The van der Waals surface area contributed by atoms with E-state index in [9.17, 15) is 19.7 Å². The van der Waals surface area contributed by atoms with E-state index in [1.807, 2.05) is 0 Å². The van der Waals surface area contributed by atoms with Crippen LogP contribution >= 0.6 is 0 Å². The number of nitro groups is 1. The maximum Gasteiger partial charge on any atom is 0.433 e. The number of nitrogens with one attached hydrogen (secondary N) is 1. The van der Waals surface area contributed by atoms with Crippen molar-refractivity contribution in [2.45, 2.75) is 12.5 Å². The molecule has 1 aromatic carbocycles. The summed E-state index contributed by atoms with van der Waals surface area (Å²) in [5.74, 6) is -0.407. The van der Waals surface area contributed by atoms with Gasteiger partial charge in [-0.1, -0.05) is 12.1 Å². The highest BCUT2D eigenvalue weighted by Gasteiger charge is 2.49. The third kappa shape index (κ3) is 2.88. The molecule has 1 atom stereocenters. The van der Waals surface area contributed by atoms with Crippen LogP contribution in [0.15, 0.2) is 45.9 Å². The number of urea groups is 1. The van der Waals surface area contributed by atoms with Crippen molar-refractivity contribution in [3.8, 4) is 5.75 Å². The van der Waals surface area contributed by atoms with Crippen LogP contribution in [0.1, 0.15) is 18.2 Å². The summed E-state index contributed by atoms with van der Waals surface area (Å²) >= 11 is 0. The monoisotopic (exact) mass is 358 g/mol. The first-order chi connectivity index (χ1) is 12.3. The number of benzene rings is 1. The van der Waals surface area contributed by atoms with Crippen molar-refractivity contribution in [2.24, 2.45) is 5.10 Å². The fraction of sp³-hybridized carbons (Fsp3) is 0.188. The zero-order chi connectivity index (χ0) is 18.9. The molecule has 2 aromatic rings. The maximum atomic E-state index is 12.7. The predicted molar refractivity (Wildman–Crippen MR) is 88.7 cm³/mol. The van der Waals surface area contributed by atoms with E-state index in [1.165, 1.54) is 13.2 Å². The van der Waals surface area contributed by atoms with Gasteiger partial charge in [0.25, 0.3) is 5.91 Å². The van der Waals surface area contributed by atoms with Crippen LogP contribution in [-0.4, -0.2) is 35.2 Å². The van der Waals surface area contributed by atoms with Crippen LogP contribution in [0, 0.1) is 10.1 Å². The SMILES string of the molecule is COc1ccc([C@@]2(C)NC(=O)N(/N=C\c3ccc([N+](=O)[O-])o3)C2=O)cc1. The van der Waals surface area contributed by atoms with Crippen LogP contribution < -0.4 is 10.1 Å². The Morgan fingerprint density at radius 1 is 1.27 bits per heavy atom. The molecule has 1 aromatic heterocycles. The molecule has 0 unspecified atom stereocenters. The van der Waals surface area contributed by atoms with Crippen molar-refractivity contribution in [3.63, 3.8) is 0 Å². The van der Waals surface area contributed by atoms with E-state index in [1.54, 1.807) is 31.2 Å². The molecule has 1 N–H and O–H groups in total. The minimum absolute atomic E-state index is 0.0374. The number of hydrazone groups is 1. The zero-order valence-corrected chi connectivity index (χ0v) is 13.8. The molecule has 0 aliphatic carbocycles. The van der Waals surface area contributed by atoms with Crippen LogP contribution in [0.2, 0.25) is 0 Å². The lowest BCUT2D eigenvalue weighted by Gasteiger charge is -2.21. The number of methoxy groups -OCH3 is 1. The number of hydrogen-bond acceptors (Lipinski definition) is 7. The fourth-order valence-corrected chi connectivity index (χ4v) is 2.47. The Balaban J connectivity index is 1.83. The smallest absolute Gasteiger partial charge is 0.433 e. The molecular weight excluding hydrogens is 344 g/mol. The third-order valence-corrected chi connectivity index (χ3v) is 3.93. The van der Waals surface area contributed by atoms with Gasteiger partial charge < -0.3 is 14.5 Å². The summed E-state index contributed by atoms with van der Waals surface area (Å²) < 4.78 is 9.98. The summed E-state index contributed by atoms with van der Waals surface area (Å²) in [5.41, 5.74) is -0.737. The summed E-state index contributed by atoms with van der Waals surface area (Å²) in [5, 5.41) is 17.6. The summed E-state index contributed by atoms with van der Waals surface area (Å²) in [6, 6.07) is 8.42. The van der Waals surface area contributed by atoms with E-state index in [4.69, 9.17) is 9.15 Å². The first kappa shape index (κ1) is 17.1. The lowest BCUT2D eigenvalue weighted by atomic mass is 9.92. The van der Waals surface area contributed by atoms with E-state index in [0.717, 1.165) is 12.3 Å². The van der Waals surface area contributed by atoms with Gasteiger partial charge in [0.05, 0.1) is 19.4 Å². The molecule has 3 rings (SSSR count). The summed E-state index contributed by atoms with van der Waals surface area (Å²) in [7, 11) is 1.52. The number of nitrogens with zero attached hydrogens (tertiary/aromatic N) is 3. The third-order valence-electron chi connectivity index (χ3n) is 3.93. The lowest BCUT2D eigenvalue weighted by molar-refractivity contribution is -0.402. The van der Waals surface area contributed by atoms with Crippen molar-refractivity contribution in [1.82, 2.24) is 10.3 Å². The molecule has 0 spiro atoms. The molecule has 3 amide bonds. The molecule has 1 aliphatic rings. The number of hydrogen-bond donors (Lipinski definition) is 1. The molecule has 26 heavy (non-hydrogen) atoms. The summed E-state index contributed by atoms with van der Waals surface area (Å²) in [6.45, 7) is 1.56. The van der Waals surface area contributed by atoms with Gasteiger partial charge >= 0.3 is 11.9 Å². The molecule has 1 fully saturated rings. The van der Waals surface area contributed by atoms with Crippen molar-refractivity contribution in [2.75, 3.05) is 7.11 Å². The normalized spacial score (nSPS) is 19.8. The average Bonchev–Trinajstić information content (AvgIpc) is 3.18. The summed E-state index contributed by atoms with van der Waals surface area (Å²) in [6.07, 6.45) is 1.06. The van der Waals surface area contributed by atoms with Crippen molar-refractivity contribution >= 4 is 24.0 Å². The maximum absolute atomic E-state index is 12.7. The second-order valence-electron chi connectivity index (χ2n) is 5.58. The molecule has 10 nitrogen and oxygen atoms in total. The molecular formula is C16H14N4O6. The Morgan fingerprint density at radius 3 is 2.54 bits per heavy atom. The Bertz CT molecular complexity index is 904. The highest BCUT2D eigenvalue weighted by atomic mass is 16.6. The Labute approximate surface area is 147 Å². The van der Waals surface area contributed by atoms with Gasteiger partial charge in [0.1, 0.15) is 16.2 Å². The number of furan rings is 1. The minimum Gasteiger partial charge on any atom is -0.497 e. The van der Waals surface area contributed by atoms with Crippen LogP contribution in [0.25, 0.3) is 0 Å². The average molecular weight is 358 g/mol. The van der Waals surface area contributed by atoms with Crippen LogP contribution in [0.5, 0.6) is 5.75 Å². The Kier molecular flexibility index (Phi) is 4.16. The van der Waals surface area contributed by atoms with Gasteiger partial charge in [0, 0.05) is 0 Å². The van der Waals surface area contributed by atoms with Crippen LogP contribution in [0.4, 0.5) is 10.7 Å². The molecule has 1 aliphatic heterocycles. The van der Waals surface area contributed by atoms with Gasteiger partial charge in [-0.15, -0.1) is 5.01 Å². The van der Waals surface area contributed by atoms with Gasteiger partial charge in [-0.05, 0) is 30.7 Å². The van der Waals surface area contributed by atoms with Crippen molar-refractivity contribution in [3.05, 3.63) is 57.8 Å². The van der Waals surface area contributed by atoms with Crippen LogP contribution in [0.3, 0.4) is 0 Å². The number of amides is 3. The lowest BCUT2D eigenvalue weighted by Crippen LogP contribution is -2.40. The quantitative estimate of drug-likeness (QED) is 0.377. The van der Waals surface area contributed by atoms with Gasteiger partial charge in [-0.25, -0.2) is 4.79 Å².